The Bertz CT molecular complexity index is 1240. The number of allylic oxidation sites excluding steroid dienone is 1. The van der Waals surface area contributed by atoms with Gasteiger partial charge in [-0.3, -0.25) is 0 Å². The number of hydrogen-bond acceptors (Lipinski definition) is 6. The molecule has 0 aromatic carbocycles. The van der Waals surface area contributed by atoms with Crippen molar-refractivity contribution < 1.29 is 90.0 Å². The average Bonchev–Trinajstić information content (AvgIpc) is 3.32. The topological polar surface area (TPSA) is 71.1 Å². The smallest absolute Gasteiger partial charge is 0.458 e. The summed E-state index contributed by atoms with van der Waals surface area (Å²) in [5.74, 6) is -35.6. The number of hydrogen-bond donors (Lipinski definition) is 0. The van der Waals surface area contributed by atoms with E-state index in [9.17, 15) is 71.1 Å². The molecule has 6 unspecified atom stereocenters. The second kappa shape index (κ2) is 8.87. The quantitative estimate of drug-likeness (QED) is 0.187. The number of alkyl halides is 14. The van der Waals surface area contributed by atoms with Crippen LogP contribution in [0.5, 0.6) is 0 Å². The van der Waals surface area contributed by atoms with Gasteiger partial charge in [0.1, 0.15) is 24.4 Å². The van der Waals surface area contributed by atoms with Crippen molar-refractivity contribution in [1.29, 1.82) is 0 Å². The lowest BCUT2D eigenvalue weighted by atomic mass is 9.53. The van der Waals surface area contributed by atoms with Gasteiger partial charge in [0.15, 0.2) is 5.79 Å². The van der Waals surface area contributed by atoms with Gasteiger partial charge in [0.25, 0.3) is 0 Å². The van der Waals surface area contributed by atoms with Crippen molar-refractivity contribution >= 4 is 11.9 Å². The lowest BCUT2D eigenvalue weighted by Crippen LogP contribution is -2.62. The lowest BCUT2D eigenvalue weighted by molar-refractivity contribution is -0.349. The van der Waals surface area contributed by atoms with Gasteiger partial charge >= 0.3 is 48.0 Å². The highest BCUT2D eigenvalue weighted by molar-refractivity contribution is 5.80. The highest BCUT2D eigenvalue weighted by Gasteiger charge is 2.88. The third kappa shape index (κ3) is 3.92. The Labute approximate surface area is 231 Å². The molecule has 4 rings (SSSR count). The first-order chi connectivity index (χ1) is 19.0. The van der Waals surface area contributed by atoms with E-state index in [0.717, 1.165) is 0 Å². The van der Waals surface area contributed by atoms with Crippen LogP contribution < -0.4 is 0 Å². The van der Waals surface area contributed by atoms with Gasteiger partial charge in [0.2, 0.25) is 0 Å². The zero-order valence-electron chi connectivity index (χ0n) is 21.8. The van der Waals surface area contributed by atoms with Crippen molar-refractivity contribution in [2.24, 2.45) is 10.8 Å². The van der Waals surface area contributed by atoms with Crippen molar-refractivity contribution in [3.8, 4) is 0 Å². The van der Waals surface area contributed by atoms with E-state index in [4.69, 9.17) is 9.47 Å². The van der Waals surface area contributed by atoms with E-state index in [1.54, 1.807) is 6.92 Å². The average molecular weight is 658 g/mol. The first kappa shape index (κ1) is 33.5. The molecule has 2 saturated heterocycles. The zero-order chi connectivity index (χ0) is 33.3. The molecule has 6 atom stereocenters. The molecule has 0 radical (unpaired) electrons. The SMILES string of the molecule is CC1=CC23OC4C(OC(=O)C(F)(F)C(F)(F)C(F)(F)F)CC(C)(C4(COC(=O)C(F)(F)C(F)(F)C(F)(F)F)O2)C3(C)CC1. The number of fused-ring (bicyclic) bond motifs is 1. The Hall–Kier alpha value is -2.38. The molecule has 1 spiro atoms. The molecule has 2 bridgehead atoms. The maximum Gasteiger partial charge on any atom is 0.460 e. The summed E-state index contributed by atoms with van der Waals surface area (Å²) in [6, 6.07) is 0. The Morgan fingerprint density at radius 1 is 0.837 bits per heavy atom. The number of ether oxygens (including phenoxy) is 4. The minimum absolute atomic E-state index is 0.0551. The molecule has 6 nitrogen and oxygen atoms in total. The first-order valence-corrected chi connectivity index (χ1v) is 12.1. The summed E-state index contributed by atoms with van der Waals surface area (Å²) < 4.78 is 206. The largest absolute Gasteiger partial charge is 0.460 e. The molecule has 3 fully saturated rings. The second-order valence-corrected chi connectivity index (χ2v) is 11.4. The van der Waals surface area contributed by atoms with Gasteiger partial charge in [-0.1, -0.05) is 19.4 Å². The van der Waals surface area contributed by atoms with E-state index in [1.807, 2.05) is 0 Å². The van der Waals surface area contributed by atoms with Crippen molar-refractivity contribution in [2.75, 3.05) is 6.61 Å². The summed E-state index contributed by atoms with van der Waals surface area (Å²) >= 11 is 0. The normalized spacial score (nSPS) is 36.3. The summed E-state index contributed by atoms with van der Waals surface area (Å²) in [6.07, 6.45) is -17.3. The van der Waals surface area contributed by atoms with Gasteiger partial charge in [-0.25, -0.2) is 9.59 Å². The highest BCUT2D eigenvalue weighted by atomic mass is 19.4. The number of halogens is 14. The summed E-state index contributed by atoms with van der Waals surface area (Å²) in [5, 5.41) is 0. The van der Waals surface area contributed by atoms with E-state index in [2.05, 4.69) is 9.47 Å². The molecular formula is C23H20F14O6. The molecule has 20 heteroatoms. The fraction of sp³-hybridized carbons (Fsp3) is 0.826. The van der Waals surface area contributed by atoms with Crippen LogP contribution in [0.4, 0.5) is 61.5 Å². The van der Waals surface area contributed by atoms with Crippen LogP contribution in [0.1, 0.15) is 40.0 Å². The molecule has 43 heavy (non-hydrogen) atoms. The Kier molecular flexibility index (Phi) is 6.91. The van der Waals surface area contributed by atoms with E-state index in [-0.39, 0.29) is 12.8 Å². The summed E-state index contributed by atoms with van der Waals surface area (Å²) in [7, 11) is 0. The minimum Gasteiger partial charge on any atom is -0.458 e. The summed E-state index contributed by atoms with van der Waals surface area (Å²) in [4.78, 5) is 24.0. The predicted octanol–water partition coefficient (Wildman–Crippen LogP) is 6.13. The number of carbonyl (C=O) groups is 2. The maximum absolute atomic E-state index is 14.1. The van der Waals surface area contributed by atoms with Gasteiger partial charge in [-0.15, -0.1) is 0 Å². The molecule has 2 aliphatic carbocycles. The molecule has 0 N–H and O–H groups in total. The van der Waals surface area contributed by atoms with Gasteiger partial charge in [-0.2, -0.15) is 61.5 Å². The zero-order valence-corrected chi connectivity index (χ0v) is 21.8. The van der Waals surface area contributed by atoms with Crippen LogP contribution in [0.25, 0.3) is 0 Å². The van der Waals surface area contributed by atoms with Crippen LogP contribution in [-0.2, 0) is 28.5 Å². The van der Waals surface area contributed by atoms with E-state index in [0.29, 0.717) is 5.57 Å². The molecule has 0 aromatic rings. The maximum atomic E-state index is 14.1. The molecule has 246 valence electrons. The van der Waals surface area contributed by atoms with Crippen molar-refractivity contribution in [1.82, 2.24) is 0 Å². The fourth-order valence-electron chi connectivity index (χ4n) is 6.42. The van der Waals surface area contributed by atoms with Gasteiger partial charge < -0.3 is 18.9 Å². The van der Waals surface area contributed by atoms with Crippen molar-refractivity contribution in [2.45, 2.75) is 99.7 Å². The third-order valence-electron chi connectivity index (χ3n) is 9.11. The lowest BCUT2D eigenvalue weighted by Gasteiger charge is -2.52. The fourth-order valence-corrected chi connectivity index (χ4v) is 6.42. The van der Waals surface area contributed by atoms with Gasteiger partial charge in [0.05, 0.1) is 0 Å². The molecule has 1 saturated carbocycles. The van der Waals surface area contributed by atoms with E-state index in [1.165, 1.54) is 19.9 Å². The number of rotatable bonds is 7. The third-order valence-corrected chi connectivity index (χ3v) is 9.11. The number of esters is 2. The van der Waals surface area contributed by atoms with Crippen molar-refractivity contribution in [3.63, 3.8) is 0 Å². The van der Waals surface area contributed by atoms with Crippen LogP contribution in [0.3, 0.4) is 0 Å². The monoisotopic (exact) mass is 658 g/mol. The molecule has 4 aliphatic rings. The molecule has 2 aliphatic heterocycles. The Morgan fingerprint density at radius 3 is 1.81 bits per heavy atom. The molecule has 0 amide bonds. The predicted molar refractivity (Wildman–Crippen MR) is 108 cm³/mol. The summed E-state index contributed by atoms with van der Waals surface area (Å²) in [5.41, 5.74) is -5.07. The van der Waals surface area contributed by atoms with Crippen LogP contribution in [-0.4, -0.2) is 78.2 Å². The van der Waals surface area contributed by atoms with E-state index >= 15 is 0 Å². The number of carbonyl (C=O) groups excluding carboxylic acids is 2. The van der Waals surface area contributed by atoms with Crippen molar-refractivity contribution in [3.05, 3.63) is 11.6 Å². The minimum atomic E-state index is -6.92. The second-order valence-electron chi connectivity index (χ2n) is 11.4. The van der Waals surface area contributed by atoms with Crippen LogP contribution in [0.15, 0.2) is 11.6 Å². The van der Waals surface area contributed by atoms with E-state index < -0.39 is 95.4 Å². The van der Waals surface area contributed by atoms with Crippen LogP contribution in [0.2, 0.25) is 0 Å². The van der Waals surface area contributed by atoms with Crippen LogP contribution in [0, 0.1) is 10.8 Å². The first-order valence-electron chi connectivity index (χ1n) is 12.1. The Morgan fingerprint density at radius 2 is 1.33 bits per heavy atom. The molecule has 0 aromatic heterocycles. The van der Waals surface area contributed by atoms with Crippen LogP contribution >= 0.6 is 0 Å². The molecule has 2 heterocycles. The van der Waals surface area contributed by atoms with Gasteiger partial charge in [0, 0.05) is 10.8 Å². The highest BCUT2D eigenvalue weighted by Crippen LogP contribution is 2.78. The standard InChI is InChI=1S/C23H20F14O6/c1-9-4-5-14(2)15(3)7-10(41-13(39)19(26,27)21(30,31)23(35,36)37)11-16(15,43-17(14,6-9)42-11)8-40-12(38)18(24,25)20(28,29)22(32,33)34/h6,10-11H,4-5,7-8H2,1-3H3. The molecular weight excluding hydrogens is 638 g/mol. The summed E-state index contributed by atoms with van der Waals surface area (Å²) in [6.45, 7) is 2.54. The van der Waals surface area contributed by atoms with Gasteiger partial charge in [-0.05, 0) is 32.3 Å². The Balaban J connectivity index is 1.72.